The van der Waals surface area contributed by atoms with Crippen LogP contribution in [-0.2, 0) is 0 Å². The Morgan fingerprint density at radius 3 is 2.72 bits per heavy atom. The highest BCUT2D eigenvalue weighted by Crippen LogP contribution is 2.20. The first-order valence-electron chi connectivity index (χ1n) is 10.2. The molecular weight excluding hydrogens is 367 g/mol. The van der Waals surface area contributed by atoms with Crippen molar-refractivity contribution >= 4 is 17.5 Å². The van der Waals surface area contributed by atoms with Gasteiger partial charge in [0.2, 0.25) is 0 Å². The third-order valence-corrected chi connectivity index (χ3v) is 5.21. The van der Waals surface area contributed by atoms with E-state index in [0.29, 0.717) is 18.3 Å². The lowest BCUT2D eigenvalue weighted by Crippen LogP contribution is -2.48. The van der Waals surface area contributed by atoms with Crippen LogP contribution in [0.2, 0.25) is 0 Å². The van der Waals surface area contributed by atoms with Crippen LogP contribution < -0.4 is 20.9 Å². The number of nitrogens with zero attached hydrogens (tertiary/aromatic N) is 3. The van der Waals surface area contributed by atoms with Crippen molar-refractivity contribution in [3.63, 3.8) is 0 Å². The Morgan fingerprint density at radius 1 is 1.24 bits per heavy atom. The predicted octanol–water partition coefficient (Wildman–Crippen LogP) is 3.10. The minimum atomic E-state index is -0.276. The molecule has 1 aromatic heterocycles. The molecule has 0 bridgehead atoms. The molecule has 2 aromatic rings. The summed E-state index contributed by atoms with van der Waals surface area (Å²) in [5, 5.41) is 10.5. The third-order valence-electron chi connectivity index (χ3n) is 5.21. The van der Waals surface area contributed by atoms with Crippen LogP contribution in [0.5, 0.6) is 0 Å². The van der Waals surface area contributed by atoms with E-state index in [4.69, 9.17) is 0 Å². The van der Waals surface area contributed by atoms with Crippen molar-refractivity contribution in [2.45, 2.75) is 32.4 Å². The van der Waals surface area contributed by atoms with Crippen LogP contribution in [0, 0.1) is 11.7 Å². The van der Waals surface area contributed by atoms with Gasteiger partial charge in [0, 0.05) is 50.6 Å². The molecule has 156 valence electrons. The highest BCUT2D eigenvalue weighted by molar-refractivity contribution is 5.80. The molecule has 2 heterocycles. The van der Waals surface area contributed by atoms with Gasteiger partial charge in [-0.05, 0) is 36.6 Å². The van der Waals surface area contributed by atoms with Crippen molar-refractivity contribution in [2.24, 2.45) is 10.9 Å². The van der Waals surface area contributed by atoms with E-state index in [1.165, 1.54) is 6.07 Å². The van der Waals surface area contributed by atoms with Gasteiger partial charge in [0.15, 0.2) is 17.6 Å². The van der Waals surface area contributed by atoms with Gasteiger partial charge < -0.3 is 20.9 Å². The summed E-state index contributed by atoms with van der Waals surface area (Å²) in [5.41, 5.74) is 1.11. The van der Waals surface area contributed by atoms with Crippen LogP contribution in [0.25, 0.3) is 0 Å². The summed E-state index contributed by atoms with van der Waals surface area (Å²) in [7, 11) is 1.77. The Hall–Kier alpha value is -2.83. The zero-order valence-corrected chi connectivity index (χ0v) is 17.4. The van der Waals surface area contributed by atoms with Gasteiger partial charge in [0.25, 0.3) is 0 Å². The second-order valence-corrected chi connectivity index (χ2v) is 7.70. The van der Waals surface area contributed by atoms with Gasteiger partial charge in [-0.1, -0.05) is 32.0 Å². The largest absolute Gasteiger partial charge is 0.380 e. The Morgan fingerprint density at radius 2 is 2.03 bits per heavy atom. The van der Waals surface area contributed by atoms with E-state index in [1.807, 2.05) is 23.1 Å². The second kappa shape index (κ2) is 10.1. The number of hydrogen-bond acceptors (Lipinski definition) is 4. The Bertz CT molecular complexity index is 795. The molecule has 0 saturated carbocycles. The van der Waals surface area contributed by atoms with Crippen molar-refractivity contribution in [1.29, 1.82) is 0 Å². The molecule has 1 saturated heterocycles. The van der Waals surface area contributed by atoms with Crippen LogP contribution >= 0.6 is 0 Å². The number of anilines is 2. The molecule has 29 heavy (non-hydrogen) atoms. The summed E-state index contributed by atoms with van der Waals surface area (Å²) in [6, 6.07) is 13.8. The van der Waals surface area contributed by atoms with Gasteiger partial charge in [-0.2, -0.15) is 0 Å². The molecule has 2 atom stereocenters. The number of guanidine groups is 1. The first kappa shape index (κ1) is 20.9. The lowest BCUT2D eigenvalue weighted by atomic mass is 10.0. The van der Waals surface area contributed by atoms with E-state index in [1.54, 1.807) is 19.3 Å². The van der Waals surface area contributed by atoms with Crippen molar-refractivity contribution in [3.8, 4) is 0 Å². The SMILES string of the molecule is CN=C(NCC(Nc1ccccc1)C(C)C)NC1CCN(c2ncccc2F)C1. The molecule has 7 heteroatoms. The highest BCUT2D eigenvalue weighted by Gasteiger charge is 2.26. The first-order valence-corrected chi connectivity index (χ1v) is 10.2. The van der Waals surface area contributed by atoms with Crippen molar-refractivity contribution in [3.05, 3.63) is 54.5 Å². The summed E-state index contributed by atoms with van der Waals surface area (Å²) >= 11 is 0. The summed E-state index contributed by atoms with van der Waals surface area (Å²) < 4.78 is 14.0. The minimum Gasteiger partial charge on any atom is -0.380 e. The van der Waals surface area contributed by atoms with E-state index in [2.05, 4.69) is 51.9 Å². The number of benzene rings is 1. The van der Waals surface area contributed by atoms with Gasteiger partial charge in [-0.25, -0.2) is 9.37 Å². The van der Waals surface area contributed by atoms with Crippen LogP contribution in [0.1, 0.15) is 20.3 Å². The monoisotopic (exact) mass is 398 g/mol. The number of pyridine rings is 1. The number of rotatable bonds is 7. The zero-order chi connectivity index (χ0) is 20.6. The molecule has 0 aliphatic carbocycles. The zero-order valence-electron chi connectivity index (χ0n) is 17.4. The van der Waals surface area contributed by atoms with E-state index >= 15 is 0 Å². The fourth-order valence-electron chi connectivity index (χ4n) is 3.48. The maximum atomic E-state index is 14.0. The molecule has 1 aliphatic heterocycles. The number of aliphatic imine (C=N–C) groups is 1. The molecule has 0 radical (unpaired) electrons. The molecule has 1 aliphatic rings. The smallest absolute Gasteiger partial charge is 0.191 e. The van der Waals surface area contributed by atoms with Crippen LogP contribution in [0.15, 0.2) is 53.7 Å². The molecule has 1 fully saturated rings. The summed E-state index contributed by atoms with van der Waals surface area (Å²) in [4.78, 5) is 10.5. The van der Waals surface area contributed by atoms with Gasteiger partial charge in [0.05, 0.1) is 0 Å². The van der Waals surface area contributed by atoms with Crippen LogP contribution in [0.4, 0.5) is 15.9 Å². The van der Waals surface area contributed by atoms with Gasteiger partial charge in [-0.3, -0.25) is 4.99 Å². The van der Waals surface area contributed by atoms with E-state index in [-0.39, 0.29) is 17.9 Å². The van der Waals surface area contributed by atoms with Crippen LogP contribution in [-0.4, -0.2) is 49.7 Å². The number of nitrogens with one attached hydrogen (secondary N) is 3. The highest BCUT2D eigenvalue weighted by atomic mass is 19.1. The maximum absolute atomic E-state index is 14.0. The van der Waals surface area contributed by atoms with E-state index < -0.39 is 0 Å². The number of aromatic nitrogens is 1. The average molecular weight is 399 g/mol. The van der Waals surface area contributed by atoms with Gasteiger partial charge >= 0.3 is 0 Å². The molecular formula is C22H31FN6. The normalized spacial score (nSPS) is 18.0. The predicted molar refractivity (Wildman–Crippen MR) is 118 cm³/mol. The van der Waals surface area contributed by atoms with Crippen molar-refractivity contribution in [1.82, 2.24) is 15.6 Å². The lowest BCUT2D eigenvalue weighted by molar-refractivity contribution is 0.510. The number of hydrogen-bond donors (Lipinski definition) is 3. The third kappa shape index (κ3) is 5.82. The Kier molecular flexibility index (Phi) is 7.27. The standard InChI is InChI=1S/C22H31FN6/c1-16(2)20(27-17-8-5-4-6-9-17)14-26-22(24-3)28-18-11-13-29(15-18)21-19(23)10-7-12-25-21/h4-10,12,16,18,20,27H,11,13-15H2,1-3H3,(H2,24,26,28). The van der Waals surface area contributed by atoms with Gasteiger partial charge in [0.1, 0.15) is 0 Å². The fraction of sp³-hybridized carbons (Fsp3) is 0.455. The first-order chi connectivity index (χ1) is 14.1. The molecule has 2 unspecified atom stereocenters. The number of halogens is 1. The molecule has 1 aromatic carbocycles. The number of para-hydroxylation sites is 1. The maximum Gasteiger partial charge on any atom is 0.191 e. The van der Waals surface area contributed by atoms with E-state index in [9.17, 15) is 4.39 Å². The molecule has 6 nitrogen and oxygen atoms in total. The van der Waals surface area contributed by atoms with E-state index in [0.717, 1.165) is 31.2 Å². The summed E-state index contributed by atoms with van der Waals surface area (Å²) in [6.07, 6.45) is 2.54. The topological polar surface area (TPSA) is 64.6 Å². The molecule has 0 amide bonds. The molecule has 3 rings (SSSR count). The Balaban J connectivity index is 1.52. The van der Waals surface area contributed by atoms with Crippen molar-refractivity contribution < 1.29 is 4.39 Å². The minimum absolute atomic E-state index is 0.196. The molecule has 0 spiro atoms. The second-order valence-electron chi connectivity index (χ2n) is 7.70. The van der Waals surface area contributed by atoms with Crippen LogP contribution in [0.3, 0.4) is 0 Å². The van der Waals surface area contributed by atoms with Crippen molar-refractivity contribution in [2.75, 3.05) is 36.9 Å². The lowest BCUT2D eigenvalue weighted by Gasteiger charge is -2.26. The quantitative estimate of drug-likeness (QED) is 0.494. The molecule has 3 N–H and O–H groups in total. The fourth-order valence-corrected chi connectivity index (χ4v) is 3.48. The Labute approximate surface area is 172 Å². The van der Waals surface area contributed by atoms with Gasteiger partial charge in [-0.15, -0.1) is 0 Å². The summed E-state index contributed by atoms with van der Waals surface area (Å²) in [5.74, 6) is 1.36. The summed E-state index contributed by atoms with van der Waals surface area (Å²) in [6.45, 7) is 6.62. The average Bonchev–Trinajstić information content (AvgIpc) is 3.19.